The summed E-state index contributed by atoms with van der Waals surface area (Å²) in [5.41, 5.74) is 8.15. The molecule has 0 fully saturated rings. The van der Waals surface area contributed by atoms with Crippen molar-refractivity contribution in [3.05, 3.63) is 28.6 Å². The number of hydrogen-bond donors (Lipinski definition) is 1. The SMILES string of the molecule is CC#Cc1c(C(C)C)cc(N)c(F)c1C. The minimum atomic E-state index is -0.350. The van der Waals surface area contributed by atoms with Crippen molar-refractivity contribution in [2.45, 2.75) is 33.6 Å². The van der Waals surface area contributed by atoms with E-state index in [0.29, 0.717) is 11.5 Å². The first-order valence-electron chi connectivity index (χ1n) is 5.00. The van der Waals surface area contributed by atoms with Gasteiger partial charge < -0.3 is 5.73 Å². The Morgan fingerprint density at radius 3 is 2.47 bits per heavy atom. The summed E-state index contributed by atoms with van der Waals surface area (Å²) in [6.45, 7) is 7.56. The predicted molar refractivity (Wildman–Crippen MR) is 62.2 cm³/mol. The van der Waals surface area contributed by atoms with Crippen LogP contribution in [-0.4, -0.2) is 0 Å². The lowest BCUT2D eigenvalue weighted by Gasteiger charge is -2.13. The Kier molecular flexibility index (Phi) is 3.36. The molecule has 2 N–H and O–H groups in total. The van der Waals surface area contributed by atoms with Gasteiger partial charge in [-0.2, -0.15) is 0 Å². The van der Waals surface area contributed by atoms with Crippen LogP contribution in [0.5, 0.6) is 0 Å². The van der Waals surface area contributed by atoms with E-state index in [9.17, 15) is 4.39 Å². The Hall–Kier alpha value is -1.49. The molecule has 0 aliphatic carbocycles. The molecule has 0 heterocycles. The van der Waals surface area contributed by atoms with Gasteiger partial charge in [0.05, 0.1) is 5.69 Å². The first-order valence-corrected chi connectivity index (χ1v) is 5.00. The molecule has 0 atom stereocenters. The first kappa shape index (κ1) is 11.6. The third kappa shape index (κ3) is 2.12. The van der Waals surface area contributed by atoms with Crippen molar-refractivity contribution in [2.24, 2.45) is 0 Å². The molecule has 0 aromatic heterocycles. The zero-order valence-corrected chi connectivity index (χ0v) is 9.61. The standard InChI is InChI=1S/C13H16FN/c1-5-6-10-9(4)13(14)12(15)7-11(10)8(2)3/h7-8H,15H2,1-4H3. The van der Waals surface area contributed by atoms with E-state index >= 15 is 0 Å². The van der Waals surface area contributed by atoms with Gasteiger partial charge in [-0.15, -0.1) is 5.92 Å². The average Bonchev–Trinajstić information content (AvgIpc) is 2.18. The van der Waals surface area contributed by atoms with Crippen LogP contribution in [-0.2, 0) is 0 Å². The summed E-state index contributed by atoms with van der Waals surface area (Å²) in [7, 11) is 0. The van der Waals surface area contributed by atoms with Crippen LogP contribution in [0, 0.1) is 24.6 Å². The summed E-state index contributed by atoms with van der Waals surface area (Å²) in [5, 5.41) is 0. The summed E-state index contributed by atoms with van der Waals surface area (Å²) in [5.74, 6) is 5.70. The van der Waals surface area contributed by atoms with Crippen LogP contribution in [0.2, 0.25) is 0 Å². The number of rotatable bonds is 1. The van der Waals surface area contributed by atoms with E-state index in [-0.39, 0.29) is 11.5 Å². The largest absolute Gasteiger partial charge is 0.396 e. The van der Waals surface area contributed by atoms with E-state index < -0.39 is 0 Å². The molecule has 0 saturated heterocycles. The molecule has 0 unspecified atom stereocenters. The summed E-state index contributed by atoms with van der Waals surface area (Å²) in [4.78, 5) is 0. The van der Waals surface area contributed by atoms with E-state index in [1.54, 1.807) is 19.9 Å². The highest BCUT2D eigenvalue weighted by Crippen LogP contribution is 2.27. The van der Waals surface area contributed by atoms with E-state index in [4.69, 9.17) is 5.73 Å². The van der Waals surface area contributed by atoms with Crippen LogP contribution in [0.3, 0.4) is 0 Å². The fraction of sp³-hybridized carbons (Fsp3) is 0.385. The number of nitrogens with two attached hydrogens (primary N) is 1. The van der Waals surface area contributed by atoms with Gasteiger partial charge >= 0.3 is 0 Å². The summed E-state index contributed by atoms with van der Waals surface area (Å²) >= 11 is 0. The Morgan fingerprint density at radius 1 is 1.40 bits per heavy atom. The van der Waals surface area contributed by atoms with Gasteiger partial charge in [0.25, 0.3) is 0 Å². The Morgan fingerprint density at radius 2 is 2.00 bits per heavy atom. The van der Waals surface area contributed by atoms with Crippen molar-refractivity contribution < 1.29 is 4.39 Å². The number of anilines is 1. The van der Waals surface area contributed by atoms with Crippen molar-refractivity contribution in [3.8, 4) is 11.8 Å². The molecule has 0 bridgehead atoms. The normalized spacial score (nSPS) is 10.0. The lowest BCUT2D eigenvalue weighted by molar-refractivity contribution is 0.621. The van der Waals surface area contributed by atoms with Crippen molar-refractivity contribution in [1.82, 2.24) is 0 Å². The van der Waals surface area contributed by atoms with E-state index in [1.807, 2.05) is 13.8 Å². The summed E-state index contributed by atoms with van der Waals surface area (Å²) in [6.07, 6.45) is 0. The molecule has 0 spiro atoms. The van der Waals surface area contributed by atoms with Crippen molar-refractivity contribution >= 4 is 5.69 Å². The van der Waals surface area contributed by atoms with Crippen LogP contribution in [0.15, 0.2) is 6.07 Å². The smallest absolute Gasteiger partial charge is 0.150 e. The molecule has 0 saturated carbocycles. The first-order chi connectivity index (χ1) is 6.99. The molecule has 80 valence electrons. The maximum atomic E-state index is 13.6. The Balaban J connectivity index is 3.55. The van der Waals surface area contributed by atoms with E-state index in [0.717, 1.165) is 11.1 Å². The van der Waals surface area contributed by atoms with Crippen LogP contribution < -0.4 is 5.73 Å². The quantitative estimate of drug-likeness (QED) is 0.553. The molecule has 0 aliphatic rings. The molecule has 0 aliphatic heterocycles. The van der Waals surface area contributed by atoms with Crippen LogP contribution in [0.4, 0.5) is 10.1 Å². The highest BCUT2D eigenvalue weighted by Gasteiger charge is 2.14. The zero-order valence-electron chi connectivity index (χ0n) is 9.61. The maximum absolute atomic E-state index is 13.6. The second-order valence-corrected chi connectivity index (χ2v) is 3.90. The molecule has 1 aromatic carbocycles. The highest BCUT2D eigenvalue weighted by molar-refractivity contribution is 5.57. The fourth-order valence-corrected chi connectivity index (χ4v) is 1.59. The third-order valence-electron chi connectivity index (χ3n) is 2.43. The van der Waals surface area contributed by atoms with Gasteiger partial charge in [-0.1, -0.05) is 19.8 Å². The lowest BCUT2D eigenvalue weighted by atomic mass is 9.93. The molecule has 1 aromatic rings. The second kappa shape index (κ2) is 4.35. The molecular formula is C13H16FN. The average molecular weight is 205 g/mol. The van der Waals surface area contributed by atoms with Gasteiger partial charge in [0.15, 0.2) is 0 Å². The van der Waals surface area contributed by atoms with Gasteiger partial charge in [0, 0.05) is 11.1 Å². The zero-order chi connectivity index (χ0) is 11.6. The Labute approximate surface area is 90.5 Å². The molecule has 0 amide bonds. The van der Waals surface area contributed by atoms with Crippen LogP contribution >= 0.6 is 0 Å². The van der Waals surface area contributed by atoms with Gasteiger partial charge in [0.1, 0.15) is 5.82 Å². The van der Waals surface area contributed by atoms with Crippen molar-refractivity contribution in [1.29, 1.82) is 0 Å². The monoisotopic (exact) mass is 205 g/mol. The molecule has 1 nitrogen and oxygen atoms in total. The summed E-state index contributed by atoms with van der Waals surface area (Å²) in [6, 6.07) is 1.69. The predicted octanol–water partition coefficient (Wildman–Crippen LogP) is 3.21. The number of benzene rings is 1. The van der Waals surface area contributed by atoms with Crippen molar-refractivity contribution in [2.75, 3.05) is 5.73 Å². The van der Waals surface area contributed by atoms with E-state index in [1.165, 1.54) is 0 Å². The van der Waals surface area contributed by atoms with E-state index in [2.05, 4.69) is 11.8 Å². The molecule has 2 heteroatoms. The molecule has 1 rings (SSSR count). The van der Waals surface area contributed by atoms with Crippen LogP contribution in [0.1, 0.15) is 43.4 Å². The minimum absolute atomic E-state index is 0.206. The summed E-state index contributed by atoms with van der Waals surface area (Å²) < 4.78 is 13.6. The minimum Gasteiger partial charge on any atom is -0.396 e. The molecular weight excluding hydrogens is 189 g/mol. The third-order valence-corrected chi connectivity index (χ3v) is 2.43. The highest BCUT2D eigenvalue weighted by atomic mass is 19.1. The second-order valence-electron chi connectivity index (χ2n) is 3.90. The molecule has 15 heavy (non-hydrogen) atoms. The Bertz CT molecular complexity index is 436. The van der Waals surface area contributed by atoms with Gasteiger partial charge in [0.2, 0.25) is 0 Å². The van der Waals surface area contributed by atoms with Crippen molar-refractivity contribution in [3.63, 3.8) is 0 Å². The number of nitrogen functional groups attached to an aromatic ring is 1. The lowest BCUT2D eigenvalue weighted by Crippen LogP contribution is -2.03. The topological polar surface area (TPSA) is 26.0 Å². The van der Waals surface area contributed by atoms with Gasteiger partial charge in [-0.3, -0.25) is 0 Å². The molecule has 0 radical (unpaired) electrons. The fourth-order valence-electron chi connectivity index (χ4n) is 1.59. The maximum Gasteiger partial charge on any atom is 0.150 e. The van der Waals surface area contributed by atoms with Gasteiger partial charge in [-0.25, -0.2) is 4.39 Å². The van der Waals surface area contributed by atoms with Gasteiger partial charge in [-0.05, 0) is 31.4 Å². The number of hydrogen-bond acceptors (Lipinski definition) is 1. The van der Waals surface area contributed by atoms with Crippen LogP contribution in [0.25, 0.3) is 0 Å². The number of halogens is 1.